The first-order valence-electron chi connectivity index (χ1n) is 8.94. The molecule has 2 aromatic rings. The average Bonchev–Trinajstić information content (AvgIpc) is 2.58. The third-order valence-electron chi connectivity index (χ3n) is 3.87. The lowest BCUT2D eigenvalue weighted by molar-refractivity contribution is 0.196. The van der Waals surface area contributed by atoms with Gasteiger partial charge in [0.05, 0.1) is 0 Å². The van der Waals surface area contributed by atoms with E-state index in [0.717, 1.165) is 19.3 Å². The molecule has 26 heavy (non-hydrogen) atoms. The predicted octanol–water partition coefficient (Wildman–Crippen LogP) is 6.44. The highest BCUT2D eigenvalue weighted by molar-refractivity contribution is 6.30. The zero-order valence-corrected chi connectivity index (χ0v) is 16.3. The molecular formula is C21H26ClNO3. The number of hydrogen-bond acceptors (Lipinski definition) is 3. The maximum atomic E-state index is 12.0. The molecule has 1 N–H and O–H groups in total. The Morgan fingerprint density at radius 3 is 2.04 bits per heavy atom. The summed E-state index contributed by atoms with van der Waals surface area (Å²) in [5, 5.41) is 3.51. The van der Waals surface area contributed by atoms with Crippen LogP contribution in [-0.2, 0) is 0 Å². The molecule has 0 saturated heterocycles. The molecule has 0 saturated carbocycles. The van der Waals surface area contributed by atoms with Gasteiger partial charge in [0.2, 0.25) is 0 Å². The van der Waals surface area contributed by atoms with Crippen LogP contribution in [0.5, 0.6) is 17.2 Å². The standard InChI is InChI=1S/C21H26ClNO3/c1-15(2)5-4-6-16(3)23-21(24)26-20-13-11-19(12-14-20)25-18-9-7-17(22)8-10-18/h7-16H,4-6H2,1-3H3,(H,23,24). The van der Waals surface area contributed by atoms with Crippen molar-refractivity contribution in [2.45, 2.75) is 46.1 Å². The highest BCUT2D eigenvalue weighted by Gasteiger charge is 2.10. The summed E-state index contributed by atoms with van der Waals surface area (Å²) in [6.07, 6.45) is 2.76. The molecule has 0 fully saturated rings. The molecule has 2 aromatic carbocycles. The van der Waals surface area contributed by atoms with Crippen LogP contribution in [0.4, 0.5) is 4.79 Å². The second kappa shape index (κ2) is 10.1. The summed E-state index contributed by atoms with van der Waals surface area (Å²) in [5.74, 6) is 2.50. The van der Waals surface area contributed by atoms with Crippen molar-refractivity contribution in [3.05, 3.63) is 53.6 Å². The number of benzene rings is 2. The Kier molecular flexibility index (Phi) is 7.79. The molecule has 1 unspecified atom stereocenters. The second-order valence-corrected chi connectivity index (χ2v) is 7.22. The lowest BCUT2D eigenvalue weighted by atomic mass is 10.0. The fraction of sp³-hybridized carbons (Fsp3) is 0.381. The fourth-order valence-electron chi connectivity index (χ4n) is 2.46. The van der Waals surface area contributed by atoms with E-state index in [-0.39, 0.29) is 6.04 Å². The summed E-state index contributed by atoms with van der Waals surface area (Å²) in [7, 11) is 0. The number of rotatable bonds is 8. The number of carbonyl (C=O) groups is 1. The normalized spacial score (nSPS) is 11.9. The highest BCUT2D eigenvalue weighted by Crippen LogP contribution is 2.25. The topological polar surface area (TPSA) is 47.6 Å². The SMILES string of the molecule is CC(C)CCCC(C)NC(=O)Oc1ccc(Oc2ccc(Cl)cc2)cc1. The van der Waals surface area contributed by atoms with E-state index in [2.05, 4.69) is 19.2 Å². The Balaban J connectivity index is 1.78. The molecule has 2 rings (SSSR count). The van der Waals surface area contributed by atoms with E-state index in [4.69, 9.17) is 21.1 Å². The van der Waals surface area contributed by atoms with Crippen molar-refractivity contribution < 1.29 is 14.3 Å². The second-order valence-electron chi connectivity index (χ2n) is 6.79. The molecule has 0 spiro atoms. The van der Waals surface area contributed by atoms with Crippen LogP contribution in [-0.4, -0.2) is 12.1 Å². The van der Waals surface area contributed by atoms with Crippen molar-refractivity contribution in [3.8, 4) is 17.2 Å². The van der Waals surface area contributed by atoms with Gasteiger partial charge in [0.25, 0.3) is 0 Å². The molecule has 1 amide bonds. The summed E-state index contributed by atoms with van der Waals surface area (Å²) in [6, 6.07) is 14.1. The van der Waals surface area contributed by atoms with E-state index in [1.165, 1.54) is 0 Å². The highest BCUT2D eigenvalue weighted by atomic mass is 35.5. The molecule has 5 heteroatoms. The summed E-state index contributed by atoms with van der Waals surface area (Å²) in [5.41, 5.74) is 0. The molecular weight excluding hydrogens is 350 g/mol. The van der Waals surface area contributed by atoms with Crippen LogP contribution in [0.2, 0.25) is 5.02 Å². The molecule has 0 aromatic heterocycles. The fourth-order valence-corrected chi connectivity index (χ4v) is 2.58. The van der Waals surface area contributed by atoms with Crippen LogP contribution in [0.15, 0.2) is 48.5 Å². The van der Waals surface area contributed by atoms with Crippen LogP contribution < -0.4 is 14.8 Å². The molecule has 0 aliphatic heterocycles. The van der Waals surface area contributed by atoms with Gasteiger partial charge in [0.1, 0.15) is 17.2 Å². The van der Waals surface area contributed by atoms with Gasteiger partial charge < -0.3 is 14.8 Å². The Hall–Kier alpha value is -2.20. The van der Waals surface area contributed by atoms with Crippen LogP contribution in [0.1, 0.15) is 40.0 Å². The number of nitrogens with one attached hydrogen (secondary N) is 1. The molecule has 0 radical (unpaired) electrons. The van der Waals surface area contributed by atoms with E-state index in [1.54, 1.807) is 48.5 Å². The van der Waals surface area contributed by atoms with Crippen molar-refractivity contribution in [1.29, 1.82) is 0 Å². The van der Waals surface area contributed by atoms with E-state index >= 15 is 0 Å². The lowest BCUT2D eigenvalue weighted by Gasteiger charge is -2.14. The average molecular weight is 376 g/mol. The summed E-state index contributed by atoms with van der Waals surface area (Å²) in [6.45, 7) is 6.39. The first-order chi connectivity index (χ1) is 12.4. The van der Waals surface area contributed by atoms with Crippen molar-refractivity contribution >= 4 is 17.7 Å². The van der Waals surface area contributed by atoms with Gasteiger partial charge in [0.15, 0.2) is 0 Å². The van der Waals surface area contributed by atoms with Crippen LogP contribution >= 0.6 is 11.6 Å². The molecule has 0 aliphatic carbocycles. The minimum absolute atomic E-state index is 0.0914. The summed E-state index contributed by atoms with van der Waals surface area (Å²) >= 11 is 5.85. The van der Waals surface area contributed by atoms with Crippen molar-refractivity contribution in [2.75, 3.05) is 0 Å². The van der Waals surface area contributed by atoms with Gasteiger partial charge in [-0.15, -0.1) is 0 Å². The van der Waals surface area contributed by atoms with Crippen molar-refractivity contribution in [1.82, 2.24) is 5.32 Å². The number of hydrogen-bond donors (Lipinski definition) is 1. The number of amides is 1. The van der Waals surface area contributed by atoms with Gasteiger partial charge in [0, 0.05) is 11.1 Å². The molecule has 0 bridgehead atoms. The lowest BCUT2D eigenvalue weighted by Crippen LogP contribution is -2.34. The molecule has 1 atom stereocenters. The smallest absolute Gasteiger partial charge is 0.412 e. The molecule has 0 heterocycles. The van der Waals surface area contributed by atoms with Gasteiger partial charge in [-0.05, 0) is 67.8 Å². The van der Waals surface area contributed by atoms with E-state index in [0.29, 0.717) is 28.2 Å². The van der Waals surface area contributed by atoms with E-state index in [1.807, 2.05) is 6.92 Å². The summed E-state index contributed by atoms with van der Waals surface area (Å²) in [4.78, 5) is 12.0. The number of halogens is 1. The zero-order valence-electron chi connectivity index (χ0n) is 15.5. The Bertz CT molecular complexity index is 683. The Morgan fingerprint density at radius 1 is 0.923 bits per heavy atom. The van der Waals surface area contributed by atoms with Gasteiger partial charge in [-0.3, -0.25) is 0 Å². The maximum absolute atomic E-state index is 12.0. The Morgan fingerprint density at radius 2 is 1.46 bits per heavy atom. The summed E-state index contributed by atoms with van der Waals surface area (Å²) < 4.78 is 11.0. The first kappa shape index (κ1) is 20.1. The minimum atomic E-state index is -0.437. The van der Waals surface area contributed by atoms with E-state index < -0.39 is 6.09 Å². The van der Waals surface area contributed by atoms with Gasteiger partial charge in [-0.2, -0.15) is 0 Å². The third-order valence-corrected chi connectivity index (χ3v) is 4.12. The van der Waals surface area contributed by atoms with Gasteiger partial charge >= 0.3 is 6.09 Å². The van der Waals surface area contributed by atoms with E-state index in [9.17, 15) is 4.79 Å². The Labute approximate surface area is 160 Å². The number of carbonyl (C=O) groups excluding carboxylic acids is 1. The largest absolute Gasteiger partial charge is 0.457 e. The molecule has 4 nitrogen and oxygen atoms in total. The number of ether oxygens (including phenoxy) is 2. The van der Waals surface area contributed by atoms with Crippen molar-refractivity contribution in [3.63, 3.8) is 0 Å². The van der Waals surface area contributed by atoms with Crippen LogP contribution in [0, 0.1) is 5.92 Å². The zero-order chi connectivity index (χ0) is 18.9. The van der Waals surface area contributed by atoms with Crippen LogP contribution in [0.3, 0.4) is 0 Å². The first-order valence-corrected chi connectivity index (χ1v) is 9.32. The van der Waals surface area contributed by atoms with Crippen LogP contribution in [0.25, 0.3) is 0 Å². The third kappa shape index (κ3) is 7.36. The van der Waals surface area contributed by atoms with Gasteiger partial charge in [-0.25, -0.2) is 4.79 Å². The van der Waals surface area contributed by atoms with Gasteiger partial charge in [-0.1, -0.05) is 38.3 Å². The molecule has 0 aliphatic rings. The maximum Gasteiger partial charge on any atom is 0.412 e. The van der Waals surface area contributed by atoms with Crippen molar-refractivity contribution in [2.24, 2.45) is 5.92 Å². The quantitative estimate of drug-likeness (QED) is 0.577. The molecule has 140 valence electrons. The monoisotopic (exact) mass is 375 g/mol. The predicted molar refractivity (Wildman–Crippen MR) is 105 cm³/mol. The minimum Gasteiger partial charge on any atom is -0.457 e.